The van der Waals surface area contributed by atoms with Gasteiger partial charge in [-0.05, 0) is 26.2 Å². The number of hydrogen-bond acceptors (Lipinski definition) is 8. The lowest BCUT2D eigenvalue weighted by Crippen LogP contribution is -2.19. The number of aromatic nitrogens is 3. The number of nitrogens with zero attached hydrogens (tertiary/aromatic N) is 4. The highest BCUT2D eigenvalue weighted by Gasteiger charge is 2.21. The molecule has 170 valence electrons. The van der Waals surface area contributed by atoms with Crippen molar-refractivity contribution >= 4 is 28.2 Å². The molecule has 2 aromatic heterocycles. The number of likely N-dealkylation sites (N-methyl/N-ethyl adjacent to an activating group) is 1. The van der Waals surface area contributed by atoms with Gasteiger partial charge < -0.3 is 24.7 Å². The predicted molar refractivity (Wildman–Crippen MR) is 126 cm³/mol. The lowest BCUT2D eigenvalue weighted by Gasteiger charge is -2.15. The first-order valence-corrected chi connectivity index (χ1v) is 10.3. The lowest BCUT2D eigenvalue weighted by atomic mass is 10.1. The van der Waals surface area contributed by atoms with E-state index in [9.17, 15) is 10.1 Å². The summed E-state index contributed by atoms with van der Waals surface area (Å²) in [5.74, 6) is 0.797. The number of nitro groups is 1. The number of fused-ring (bicyclic) bond motifs is 1. The van der Waals surface area contributed by atoms with Crippen LogP contribution in [0.1, 0.15) is 0 Å². The molecule has 4 aromatic rings. The van der Waals surface area contributed by atoms with Crippen LogP contribution in [0.5, 0.6) is 11.5 Å². The van der Waals surface area contributed by atoms with Gasteiger partial charge in [-0.1, -0.05) is 18.2 Å². The minimum absolute atomic E-state index is 0.137. The molecule has 2 aromatic carbocycles. The molecule has 2 heterocycles. The van der Waals surface area contributed by atoms with E-state index in [1.807, 2.05) is 55.5 Å². The summed E-state index contributed by atoms with van der Waals surface area (Å²) < 4.78 is 11.1. The quantitative estimate of drug-likeness (QED) is 0.289. The molecule has 0 saturated carbocycles. The van der Waals surface area contributed by atoms with Gasteiger partial charge >= 0.3 is 5.69 Å². The highest BCUT2D eigenvalue weighted by molar-refractivity contribution is 5.94. The van der Waals surface area contributed by atoms with Gasteiger partial charge in [-0.3, -0.25) is 10.1 Å². The molecule has 0 saturated heterocycles. The number of rotatable bonds is 9. The highest BCUT2D eigenvalue weighted by Crippen LogP contribution is 2.39. The van der Waals surface area contributed by atoms with Crippen molar-refractivity contribution < 1.29 is 14.4 Å². The normalized spacial score (nSPS) is 11.0. The number of anilines is 2. The van der Waals surface area contributed by atoms with E-state index in [4.69, 9.17) is 9.47 Å². The fourth-order valence-electron chi connectivity index (χ4n) is 3.39. The number of nitro benzene ring substituents is 1. The fourth-order valence-corrected chi connectivity index (χ4v) is 3.39. The average molecular weight is 448 g/mol. The Morgan fingerprint density at radius 3 is 2.76 bits per heavy atom. The molecule has 0 atom stereocenters. The minimum Gasteiger partial charge on any atom is -0.494 e. The van der Waals surface area contributed by atoms with Crippen LogP contribution in [0.4, 0.5) is 17.3 Å². The summed E-state index contributed by atoms with van der Waals surface area (Å²) >= 11 is 0. The molecule has 0 radical (unpaired) electrons. The Bertz CT molecular complexity index is 1290. The summed E-state index contributed by atoms with van der Waals surface area (Å²) in [6.45, 7) is 0.924. The zero-order chi connectivity index (χ0) is 23.4. The molecule has 2 N–H and O–H groups in total. The van der Waals surface area contributed by atoms with Gasteiger partial charge in [0.1, 0.15) is 12.4 Å². The molecule has 0 bridgehead atoms. The van der Waals surface area contributed by atoms with E-state index in [1.165, 1.54) is 19.2 Å². The Kier molecular flexibility index (Phi) is 6.36. The molecule has 0 spiro atoms. The molecule has 0 aliphatic heterocycles. The zero-order valence-electron chi connectivity index (χ0n) is 18.5. The van der Waals surface area contributed by atoms with Crippen molar-refractivity contribution in [3.8, 4) is 22.8 Å². The first kappa shape index (κ1) is 22.0. The van der Waals surface area contributed by atoms with Crippen LogP contribution < -0.4 is 14.8 Å². The number of benzene rings is 2. The Balaban J connectivity index is 1.65. The fraction of sp³-hybridized carbons (Fsp3) is 0.217. The topological polar surface area (TPSA) is 118 Å². The second-order valence-corrected chi connectivity index (χ2v) is 7.57. The molecule has 10 nitrogen and oxygen atoms in total. The van der Waals surface area contributed by atoms with Gasteiger partial charge in [0.2, 0.25) is 11.7 Å². The van der Waals surface area contributed by atoms with Crippen molar-refractivity contribution in [1.82, 2.24) is 19.9 Å². The minimum atomic E-state index is -0.487. The second kappa shape index (κ2) is 9.53. The molecule has 4 rings (SSSR count). The summed E-state index contributed by atoms with van der Waals surface area (Å²) in [4.78, 5) is 25.2. The zero-order valence-corrected chi connectivity index (χ0v) is 18.5. The van der Waals surface area contributed by atoms with E-state index in [0.717, 1.165) is 16.5 Å². The number of methoxy groups -OCH3 is 1. The van der Waals surface area contributed by atoms with Crippen molar-refractivity contribution in [3.63, 3.8) is 0 Å². The molecule has 0 aliphatic carbocycles. The maximum atomic E-state index is 11.7. The highest BCUT2D eigenvalue weighted by atomic mass is 16.6. The van der Waals surface area contributed by atoms with Crippen LogP contribution in [0.2, 0.25) is 0 Å². The standard InChI is InChI=1S/C23H24N6O4/c1-28(2)10-11-33-22-13-21(32-3)19(12-20(22)29(30)31)27-23-24-9-8-18(26-23)16-14-25-17-7-5-4-6-15(16)17/h4-9,12-14,25H,10-11H2,1-3H3,(H,24,26,27). The molecule has 33 heavy (non-hydrogen) atoms. The molecule has 0 fully saturated rings. The van der Waals surface area contributed by atoms with Gasteiger partial charge in [0.25, 0.3) is 0 Å². The first-order chi connectivity index (χ1) is 16.0. The summed E-state index contributed by atoms with van der Waals surface area (Å²) in [5, 5.41) is 15.8. The summed E-state index contributed by atoms with van der Waals surface area (Å²) in [6.07, 6.45) is 3.52. The Morgan fingerprint density at radius 2 is 2.00 bits per heavy atom. The monoisotopic (exact) mass is 448 g/mol. The molecule has 10 heteroatoms. The third-order valence-corrected chi connectivity index (χ3v) is 5.04. The average Bonchev–Trinajstić information content (AvgIpc) is 3.23. The van der Waals surface area contributed by atoms with Crippen LogP contribution in [0.25, 0.3) is 22.2 Å². The number of aromatic amines is 1. The predicted octanol–water partition coefficient (Wildman–Crippen LogP) is 4.23. The van der Waals surface area contributed by atoms with Gasteiger partial charge in [0.15, 0.2) is 0 Å². The maximum absolute atomic E-state index is 11.7. The number of nitrogens with one attached hydrogen (secondary N) is 2. The van der Waals surface area contributed by atoms with Crippen molar-refractivity contribution in [2.75, 3.05) is 39.7 Å². The molecular formula is C23H24N6O4. The lowest BCUT2D eigenvalue weighted by molar-refractivity contribution is -0.385. The van der Waals surface area contributed by atoms with E-state index < -0.39 is 4.92 Å². The Labute approximate surface area is 190 Å². The summed E-state index contributed by atoms with van der Waals surface area (Å²) in [7, 11) is 5.28. The number of hydrogen-bond donors (Lipinski definition) is 2. The summed E-state index contributed by atoms with van der Waals surface area (Å²) in [6, 6.07) is 12.6. The van der Waals surface area contributed by atoms with E-state index in [-0.39, 0.29) is 17.4 Å². The third-order valence-electron chi connectivity index (χ3n) is 5.04. The van der Waals surface area contributed by atoms with Crippen molar-refractivity contribution in [1.29, 1.82) is 0 Å². The van der Waals surface area contributed by atoms with E-state index in [2.05, 4.69) is 20.3 Å². The molecule has 0 aliphatic rings. The van der Waals surface area contributed by atoms with Crippen LogP contribution in [0.15, 0.2) is 54.9 Å². The van der Waals surface area contributed by atoms with Gasteiger partial charge in [-0.15, -0.1) is 0 Å². The number of para-hydroxylation sites is 1. The van der Waals surface area contributed by atoms with Crippen LogP contribution in [0, 0.1) is 10.1 Å². The van der Waals surface area contributed by atoms with Crippen LogP contribution in [0.3, 0.4) is 0 Å². The van der Waals surface area contributed by atoms with E-state index in [0.29, 0.717) is 30.3 Å². The third kappa shape index (κ3) is 4.85. The molecule has 0 amide bonds. The van der Waals surface area contributed by atoms with Gasteiger partial charge in [0.05, 0.1) is 23.4 Å². The van der Waals surface area contributed by atoms with E-state index >= 15 is 0 Å². The number of H-pyrrole nitrogens is 1. The Hall–Kier alpha value is -4.18. The van der Waals surface area contributed by atoms with Gasteiger partial charge in [-0.2, -0.15) is 0 Å². The maximum Gasteiger partial charge on any atom is 0.313 e. The molecular weight excluding hydrogens is 424 g/mol. The van der Waals surface area contributed by atoms with Gasteiger partial charge in [0, 0.05) is 47.5 Å². The van der Waals surface area contributed by atoms with Crippen LogP contribution in [-0.4, -0.2) is 59.1 Å². The van der Waals surface area contributed by atoms with Crippen LogP contribution >= 0.6 is 0 Å². The Morgan fingerprint density at radius 1 is 1.18 bits per heavy atom. The number of ether oxygens (including phenoxy) is 2. The largest absolute Gasteiger partial charge is 0.494 e. The van der Waals surface area contributed by atoms with Crippen molar-refractivity contribution in [2.45, 2.75) is 0 Å². The second-order valence-electron chi connectivity index (χ2n) is 7.57. The van der Waals surface area contributed by atoms with Crippen molar-refractivity contribution in [3.05, 3.63) is 65.0 Å². The molecule has 0 unspecified atom stereocenters. The summed E-state index contributed by atoms with van der Waals surface area (Å²) in [5.41, 5.74) is 2.83. The smallest absolute Gasteiger partial charge is 0.313 e. The SMILES string of the molecule is COc1cc(OCCN(C)C)c([N+](=O)[O-])cc1Nc1nccc(-c2c[nH]c3ccccc23)n1. The van der Waals surface area contributed by atoms with E-state index in [1.54, 1.807) is 6.20 Å². The van der Waals surface area contributed by atoms with Gasteiger partial charge in [-0.25, -0.2) is 9.97 Å². The van der Waals surface area contributed by atoms with Crippen molar-refractivity contribution in [2.24, 2.45) is 0 Å². The first-order valence-electron chi connectivity index (χ1n) is 10.3. The van der Waals surface area contributed by atoms with Crippen LogP contribution in [-0.2, 0) is 0 Å².